The smallest absolute Gasteiger partial charge is 0.231 e. The summed E-state index contributed by atoms with van der Waals surface area (Å²) in [5.74, 6) is 3.32. The van der Waals surface area contributed by atoms with Crippen LogP contribution >= 0.6 is 0 Å². The van der Waals surface area contributed by atoms with Crippen LogP contribution in [-0.4, -0.2) is 51.4 Å². The summed E-state index contributed by atoms with van der Waals surface area (Å²) in [6.07, 6.45) is 3.82. The summed E-state index contributed by atoms with van der Waals surface area (Å²) in [5.41, 5.74) is 1.15. The van der Waals surface area contributed by atoms with Crippen molar-refractivity contribution < 1.29 is 9.47 Å². The first kappa shape index (κ1) is 16.9. The highest BCUT2D eigenvalue weighted by Gasteiger charge is 2.16. The molecule has 2 aliphatic heterocycles. The number of aliphatic imine (C=N–C) groups is 1. The van der Waals surface area contributed by atoms with Crippen molar-refractivity contribution in [3.63, 3.8) is 0 Å². The minimum Gasteiger partial charge on any atom is -0.454 e. The van der Waals surface area contributed by atoms with Gasteiger partial charge in [-0.25, -0.2) is 0 Å². The van der Waals surface area contributed by atoms with E-state index in [1.54, 1.807) is 0 Å². The fraction of sp³-hybridized carbons (Fsp3) is 0.611. The third-order valence-corrected chi connectivity index (χ3v) is 4.80. The molecule has 1 saturated heterocycles. The largest absolute Gasteiger partial charge is 0.454 e. The van der Waals surface area contributed by atoms with Crippen molar-refractivity contribution in [1.82, 2.24) is 15.5 Å². The Balaban J connectivity index is 1.39. The molecule has 6 heteroatoms. The van der Waals surface area contributed by atoms with E-state index in [1.165, 1.54) is 32.4 Å². The van der Waals surface area contributed by atoms with Crippen LogP contribution in [0.15, 0.2) is 23.2 Å². The van der Waals surface area contributed by atoms with Crippen LogP contribution in [0.1, 0.15) is 24.8 Å². The number of nitrogens with zero attached hydrogens (tertiary/aromatic N) is 2. The predicted octanol–water partition coefficient (Wildman–Crippen LogP) is 1.81. The van der Waals surface area contributed by atoms with Crippen molar-refractivity contribution in [2.45, 2.75) is 25.8 Å². The molecule has 0 aliphatic carbocycles. The number of hydrogen-bond donors (Lipinski definition) is 2. The molecule has 2 aliphatic rings. The van der Waals surface area contributed by atoms with Crippen LogP contribution < -0.4 is 20.1 Å². The Kier molecular flexibility index (Phi) is 5.80. The molecule has 1 aromatic carbocycles. The summed E-state index contributed by atoms with van der Waals surface area (Å²) in [7, 11) is 4.01. The molecular weight excluding hydrogens is 304 g/mol. The van der Waals surface area contributed by atoms with Crippen LogP contribution in [0.3, 0.4) is 0 Å². The lowest BCUT2D eigenvalue weighted by Crippen LogP contribution is -2.38. The van der Waals surface area contributed by atoms with Gasteiger partial charge in [-0.2, -0.15) is 0 Å². The highest BCUT2D eigenvalue weighted by molar-refractivity contribution is 5.79. The Morgan fingerprint density at radius 2 is 2.00 bits per heavy atom. The summed E-state index contributed by atoms with van der Waals surface area (Å²) in [6, 6.07) is 6.02. The van der Waals surface area contributed by atoms with Gasteiger partial charge in [0.15, 0.2) is 17.5 Å². The Morgan fingerprint density at radius 3 is 2.79 bits per heavy atom. The number of guanidine groups is 1. The normalized spacial score (nSPS) is 18.7. The van der Waals surface area contributed by atoms with Gasteiger partial charge < -0.3 is 25.0 Å². The van der Waals surface area contributed by atoms with E-state index >= 15 is 0 Å². The van der Waals surface area contributed by atoms with E-state index in [2.05, 4.69) is 27.6 Å². The number of benzene rings is 1. The summed E-state index contributed by atoms with van der Waals surface area (Å²) >= 11 is 0. The lowest BCUT2D eigenvalue weighted by Gasteiger charge is -2.29. The number of fused-ring (bicyclic) bond motifs is 1. The molecule has 1 aromatic rings. The van der Waals surface area contributed by atoms with E-state index in [9.17, 15) is 0 Å². The summed E-state index contributed by atoms with van der Waals surface area (Å²) in [5, 5.41) is 6.78. The quantitative estimate of drug-likeness (QED) is 0.636. The zero-order valence-corrected chi connectivity index (χ0v) is 14.7. The van der Waals surface area contributed by atoms with E-state index in [0.29, 0.717) is 13.3 Å². The van der Waals surface area contributed by atoms with Gasteiger partial charge >= 0.3 is 0 Å². The first-order valence-corrected chi connectivity index (χ1v) is 8.76. The molecule has 2 N–H and O–H groups in total. The zero-order chi connectivity index (χ0) is 16.8. The van der Waals surface area contributed by atoms with Crippen molar-refractivity contribution >= 4 is 5.96 Å². The minimum absolute atomic E-state index is 0.312. The Hall–Kier alpha value is -1.95. The van der Waals surface area contributed by atoms with Crippen molar-refractivity contribution in [2.75, 3.05) is 40.5 Å². The van der Waals surface area contributed by atoms with E-state index in [1.807, 2.05) is 25.2 Å². The second-order valence-electron chi connectivity index (χ2n) is 6.58. The average molecular weight is 332 g/mol. The van der Waals surface area contributed by atoms with Crippen LogP contribution in [0.5, 0.6) is 11.5 Å². The van der Waals surface area contributed by atoms with Crippen molar-refractivity contribution in [3.8, 4) is 11.5 Å². The monoisotopic (exact) mass is 332 g/mol. The standard InChI is InChI=1S/C18H28N4O2/c1-19-18(20-8-5-14-6-9-22(2)10-7-14)21-12-15-3-4-16-17(11-15)24-13-23-16/h3-4,11,14H,5-10,12-13H2,1-2H3,(H2,19,20,21). The molecule has 132 valence electrons. The Labute approximate surface area is 144 Å². The molecule has 0 amide bonds. The van der Waals surface area contributed by atoms with Crippen molar-refractivity contribution in [2.24, 2.45) is 10.9 Å². The molecule has 3 rings (SSSR count). The number of ether oxygens (including phenoxy) is 2. The van der Waals surface area contributed by atoms with Crippen LogP contribution in [0.4, 0.5) is 0 Å². The van der Waals surface area contributed by atoms with Crippen molar-refractivity contribution in [3.05, 3.63) is 23.8 Å². The second kappa shape index (κ2) is 8.24. The lowest BCUT2D eigenvalue weighted by atomic mass is 9.94. The van der Waals surface area contributed by atoms with E-state index < -0.39 is 0 Å². The molecule has 0 radical (unpaired) electrons. The fourth-order valence-corrected chi connectivity index (χ4v) is 3.20. The Morgan fingerprint density at radius 1 is 1.21 bits per heavy atom. The number of likely N-dealkylation sites (tertiary alicyclic amines) is 1. The maximum atomic E-state index is 5.41. The lowest BCUT2D eigenvalue weighted by molar-refractivity contribution is 0.174. The predicted molar refractivity (Wildman–Crippen MR) is 95.6 cm³/mol. The van der Waals surface area contributed by atoms with Gasteiger partial charge in [0.1, 0.15) is 0 Å². The van der Waals surface area contributed by atoms with Gasteiger partial charge in [0.2, 0.25) is 6.79 Å². The molecule has 0 bridgehead atoms. The van der Waals surface area contributed by atoms with Crippen LogP contribution in [0.25, 0.3) is 0 Å². The maximum absolute atomic E-state index is 5.41. The topological polar surface area (TPSA) is 58.1 Å². The van der Waals surface area contributed by atoms with Crippen LogP contribution in [-0.2, 0) is 6.54 Å². The van der Waals surface area contributed by atoms with Gasteiger partial charge in [-0.05, 0) is 63.0 Å². The molecule has 1 fully saturated rings. The van der Waals surface area contributed by atoms with Crippen molar-refractivity contribution in [1.29, 1.82) is 0 Å². The first-order valence-electron chi connectivity index (χ1n) is 8.76. The first-order chi connectivity index (χ1) is 11.7. The molecule has 6 nitrogen and oxygen atoms in total. The summed E-state index contributed by atoms with van der Waals surface area (Å²) in [6.45, 7) is 4.44. The molecule has 2 heterocycles. The Bertz CT molecular complexity index is 568. The van der Waals surface area contributed by atoms with Crippen LogP contribution in [0, 0.1) is 5.92 Å². The average Bonchev–Trinajstić information content (AvgIpc) is 3.07. The molecule has 0 saturated carbocycles. The molecule has 0 spiro atoms. The third-order valence-electron chi connectivity index (χ3n) is 4.80. The summed E-state index contributed by atoms with van der Waals surface area (Å²) in [4.78, 5) is 6.71. The molecular formula is C18H28N4O2. The number of piperidine rings is 1. The van der Waals surface area contributed by atoms with Gasteiger partial charge in [-0.1, -0.05) is 6.07 Å². The third kappa shape index (κ3) is 4.54. The van der Waals surface area contributed by atoms with E-state index in [-0.39, 0.29) is 0 Å². The van der Waals surface area contributed by atoms with Gasteiger partial charge in [0.05, 0.1) is 0 Å². The van der Waals surface area contributed by atoms with Gasteiger partial charge in [-0.15, -0.1) is 0 Å². The maximum Gasteiger partial charge on any atom is 0.231 e. The van der Waals surface area contributed by atoms with E-state index in [0.717, 1.165) is 35.5 Å². The van der Waals surface area contributed by atoms with Gasteiger partial charge in [0, 0.05) is 20.1 Å². The summed E-state index contributed by atoms with van der Waals surface area (Å²) < 4.78 is 10.7. The number of nitrogens with one attached hydrogen (secondary N) is 2. The highest BCUT2D eigenvalue weighted by atomic mass is 16.7. The SMILES string of the molecule is CN=C(NCCC1CCN(C)CC1)NCc1ccc2c(c1)OCO2. The van der Waals surface area contributed by atoms with E-state index in [4.69, 9.17) is 9.47 Å². The molecule has 0 atom stereocenters. The second-order valence-corrected chi connectivity index (χ2v) is 6.58. The molecule has 24 heavy (non-hydrogen) atoms. The fourth-order valence-electron chi connectivity index (χ4n) is 3.20. The van der Waals surface area contributed by atoms with Crippen LogP contribution in [0.2, 0.25) is 0 Å². The number of rotatable bonds is 5. The molecule has 0 unspecified atom stereocenters. The number of hydrogen-bond acceptors (Lipinski definition) is 4. The zero-order valence-electron chi connectivity index (χ0n) is 14.7. The van der Waals surface area contributed by atoms with Gasteiger partial charge in [0.25, 0.3) is 0 Å². The molecule has 0 aromatic heterocycles. The highest BCUT2D eigenvalue weighted by Crippen LogP contribution is 2.32. The van der Waals surface area contributed by atoms with Gasteiger partial charge in [-0.3, -0.25) is 4.99 Å². The minimum atomic E-state index is 0.312.